The Balaban J connectivity index is 2.26. The van der Waals surface area contributed by atoms with Gasteiger partial charge in [-0.1, -0.05) is 47.7 Å². The molecule has 0 amide bonds. The summed E-state index contributed by atoms with van der Waals surface area (Å²) in [4.78, 5) is 0.183. The van der Waals surface area contributed by atoms with Crippen molar-refractivity contribution in [1.29, 1.82) is 0 Å². The van der Waals surface area contributed by atoms with Crippen LogP contribution in [0.4, 0.5) is 5.69 Å². The zero-order valence-corrected chi connectivity index (χ0v) is 13.4. The molecule has 0 fully saturated rings. The van der Waals surface area contributed by atoms with Gasteiger partial charge in [-0.15, -0.1) is 4.40 Å². The summed E-state index contributed by atoms with van der Waals surface area (Å²) in [6.07, 6.45) is 1.78. The Labute approximate surface area is 129 Å². The van der Waals surface area contributed by atoms with Crippen molar-refractivity contribution >= 4 is 32.6 Å². The lowest BCUT2D eigenvalue weighted by Crippen LogP contribution is -2.11. The Morgan fingerprint density at radius 3 is 2.24 bits per heavy atom. The molecule has 0 atom stereocenters. The number of benzene rings is 2. The average Bonchev–Trinajstić information content (AvgIpc) is 2.49. The molecule has 0 aliphatic heterocycles. The van der Waals surface area contributed by atoms with Crippen molar-refractivity contribution in [3.05, 3.63) is 60.2 Å². The molecule has 0 saturated heterocycles. The first-order valence-corrected chi connectivity index (χ1v) is 8.95. The van der Waals surface area contributed by atoms with Crippen LogP contribution in [0.3, 0.4) is 0 Å². The molecule has 0 aromatic heterocycles. The van der Waals surface area contributed by atoms with Crippen molar-refractivity contribution in [2.45, 2.75) is 11.8 Å². The van der Waals surface area contributed by atoms with Crippen LogP contribution in [0.2, 0.25) is 0 Å². The lowest BCUT2D eigenvalue weighted by Gasteiger charge is -2.08. The third kappa shape index (κ3) is 4.34. The molecule has 2 rings (SSSR count). The number of nitrogens with one attached hydrogen (secondary N) is 1. The normalized spacial score (nSPS) is 12.2. The number of hydrogen-bond donors (Lipinski definition) is 1. The molecule has 0 spiro atoms. The number of amidine groups is 1. The van der Waals surface area contributed by atoms with Crippen molar-refractivity contribution in [3.63, 3.8) is 0 Å². The highest BCUT2D eigenvalue weighted by Crippen LogP contribution is 2.16. The Hall–Kier alpha value is -1.79. The Kier molecular flexibility index (Phi) is 5.03. The molecule has 0 aliphatic carbocycles. The van der Waals surface area contributed by atoms with Crippen LogP contribution in [-0.2, 0) is 10.0 Å². The quantitative estimate of drug-likeness (QED) is 0.694. The Bertz CT molecular complexity index is 724. The lowest BCUT2D eigenvalue weighted by molar-refractivity contribution is 0.598. The summed E-state index contributed by atoms with van der Waals surface area (Å²) < 4.78 is 28.3. The summed E-state index contributed by atoms with van der Waals surface area (Å²) in [5.74, 6) is 0. The molecule has 1 N–H and O–H groups in total. The number of hydrogen-bond acceptors (Lipinski definition) is 3. The highest BCUT2D eigenvalue weighted by atomic mass is 32.2. The van der Waals surface area contributed by atoms with Gasteiger partial charge in [0.1, 0.15) is 0 Å². The molecule has 21 heavy (non-hydrogen) atoms. The van der Waals surface area contributed by atoms with Gasteiger partial charge >= 0.3 is 0 Å². The summed E-state index contributed by atoms with van der Waals surface area (Å²) in [6, 6.07) is 15.8. The molecule has 0 aliphatic rings. The van der Waals surface area contributed by atoms with Crippen LogP contribution in [0.5, 0.6) is 0 Å². The van der Waals surface area contributed by atoms with Crippen LogP contribution in [-0.4, -0.2) is 19.8 Å². The van der Waals surface area contributed by atoms with Gasteiger partial charge in [-0.2, -0.15) is 8.42 Å². The van der Waals surface area contributed by atoms with E-state index in [4.69, 9.17) is 0 Å². The number of aryl methyl sites for hydroxylation is 1. The maximum Gasteiger partial charge on any atom is 0.284 e. The fourth-order valence-corrected chi connectivity index (χ4v) is 3.31. The number of sulfonamides is 1. The van der Waals surface area contributed by atoms with Gasteiger partial charge in [0, 0.05) is 5.69 Å². The largest absolute Gasteiger partial charge is 0.334 e. The average molecular weight is 320 g/mol. The van der Waals surface area contributed by atoms with Gasteiger partial charge in [0.2, 0.25) is 0 Å². The van der Waals surface area contributed by atoms with Crippen LogP contribution in [0.1, 0.15) is 5.56 Å². The van der Waals surface area contributed by atoms with E-state index in [1.54, 1.807) is 24.5 Å². The predicted octanol–water partition coefficient (Wildman–Crippen LogP) is 3.51. The predicted molar refractivity (Wildman–Crippen MR) is 89.4 cm³/mol. The smallest absolute Gasteiger partial charge is 0.284 e. The summed E-state index contributed by atoms with van der Waals surface area (Å²) in [6.45, 7) is 1.99. The van der Waals surface area contributed by atoms with Crippen LogP contribution in [0, 0.1) is 6.92 Å². The van der Waals surface area contributed by atoms with E-state index in [-0.39, 0.29) is 4.90 Å². The van der Waals surface area contributed by atoms with Crippen molar-refractivity contribution in [3.8, 4) is 0 Å². The number of anilines is 1. The monoisotopic (exact) mass is 320 g/mol. The Morgan fingerprint density at radius 2 is 1.67 bits per heavy atom. The molecule has 0 saturated carbocycles. The molecular formula is C15H16N2O2S2. The van der Waals surface area contributed by atoms with Crippen LogP contribution < -0.4 is 5.32 Å². The molecule has 6 heteroatoms. The zero-order valence-electron chi connectivity index (χ0n) is 11.8. The SMILES string of the molecule is CS/C(=N\S(=O)(=O)c1ccccc1)Nc1ccc(C)cc1. The second kappa shape index (κ2) is 6.78. The van der Waals surface area contributed by atoms with Crippen LogP contribution in [0.25, 0.3) is 0 Å². The van der Waals surface area contributed by atoms with Gasteiger partial charge in [-0.05, 0) is 37.4 Å². The summed E-state index contributed by atoms with van der Waals surface area (Å²) in [7, 11) is -3.70. The van der Waals surface area contributed by atoms with E-state index in [1.165, 1.54) is 23.9 Å². The van der Waals surface area contributed by atoms with Gasteiger partial charge < -0.3 is 5.32 Å². The maximum absolute atomic E-state index is 12.2. The number of nitrogens with zero attached hydrogens (tertiary/aromatic N) is 1. The van der Waals surface area contributed by atoms with Crippen molar-refractivity contribution in [1.82, 2.24) is 0 Å². The van der Waals surface area contributed by atoms with Crippen molar-refractivity contribution in [2.75, 3.05) is 11.6 Å². The minimum absolute atomic E-state index is 0.183. The second-order valence-electron chi connectivity index (χ2n) is 4.38. The molecule has 0 heterocycles. The molecule has 4 nitrogen and oxygen atoms in total. The Morgan fingerprint density at radius 1 is 1.05 bits per heavy atom. The van der Waals surface area contributed by atoms with E-state index in [2.05, 4.69) is 9.71 Å². The van der Waals surface area contributed by atoms with E-state index in [0.717, 1.165) is 11.3 Å². The highest BCUT2D eigenvalue weighted by Gasteiger charge is 2.13. The lowest BCUT2D eigenvalue weighted by atomic mass is 10.2. The first-order valence-electron chi connectivity index (χ1n) is 6.29. The van der Waals surface area contributed by atoms with Gasteiger partial charge in [0.05, 0.1) is 4.90 Å². The van der Waals surface area contributed by atoms with Gasteiger partial charge in [0.25, 0.3) is 10.0 Å². The third-order valence-corrected chi connectivity index (χ3v) is 4.73. The summed E-state index contributed by atoms with van der Waals surface area (Å²) >= 11 is 1.25. The van der Waals surface area contributed by atoms with E-state index in [9.17, 15) is 8.42 Å². The fourth-order valence-electron chi connectivity index (χ4n) is 1.63. The fraction of sp³-hybridized carbons (Fsp3) is 0.133. The highest BCUT2D eigenvalue weighted by molar-refractivity contribution is 8.14. The van der Waals surface area contributed by atoms with Gasteiger partial charge in [0.15, 0.2) is 5.17 Å². The number of thioether (sulfide) groups is 1. The van der Waals surface area contributed by atoms with Crippen LogP contribution >= 0.6 is 11.8 Å². The summed E-state index contributed by atoms with van der Waals surface area (Å²) in [5, 5.41) is 3.35. The van der Waals surface area contributed by atoms with Crippen LogP contribution in [0.15, 0.2) is 63.9 Å². The minimum atomic E-state index is -3.70. The topological polar surface area (TPSA) is 58.5 Å². The first kappa shape index (κ1) is 15.6. The van der Waals surface area contributed by atoms with E-state index in [0.29, 0.717) is 5.17 Å². The first-order chi connectivity index (χ1) is 10.0. The summed E-state index contributed by atoms with van der Waals surface area (Å²) in [5.41, 5.74) is 1.94. The molecule has 0 radical (unpaired) electrons. The van der Waals surface area contributed by atoms with Gasteiger partial charge in [-0.3, -0.25) is 0 Å². The molecule has 2 aromatic carbocycles. The molecule has 2 aromatic rings. The zero-order chi connectivity index (χ0) is 15.3. The molecule has 110 valence electrons. The second-order valence-corrected chi connectivity index (χ2v) is 6.78. The molecular weight excluding hydrogens is 304 g/mol. The van der Waals surface area contributed by atoms with Gasteiger partial charge in [-0.25, -0.2) is 0 Å². The van der Waals surface area contributed by atoms with E-state index in [1.807, 2.05) is 31.2 Å². The third-order valence-electron chi connectivity index (χ3n) is 2.74. The van der Waals surface area contributed by atoms with E-state index >= 15 is 0 Å². The standard InChI is InChI=1S/C15H16N2O2S2/c1-12-8-10-13(11-9-12)16-15(20-2)17-21(18,19)14-6-4-3-5-7-14/h3-11H,1-2H3,(H,16,17). The van der Waals surface area contributed by atoms with Crippen molar-refractivity contribution < 1.29 is 8.42 Å². The minimum Gasteiger partial charge on any atom is -0.334 e. The molecule has 0 unspecified atom stereocenters. The number of rotatable bonds is 3. The van der Waals surface area contributed by atoms with E-state index < -0.39 is 10.0 Å². The van der Waals surface area contributed by atoms with Crippen molar-refractivity contribution in [2.24, 2.45) is 4.40 Å². The maximum atomic E-state index is 12.2. The molecule has 0 bridgehead atoms.